The number of rotatable bonds is 4. The molecule has 2 fully saturated rings. The van der Waals surface area contributed by atoms with Crippen molar-refractivity contribution in [2.24, 2.45) is 5.92 Å². The van der Waals surface area contributed by atoms with E-state index in [0.29, 0.717) is 25.2 Å². The average Bonchev–Trinajstić information content (AvgIpc) is 3.40. The normalized spacial score (nSPS) is 23.8. The van der Waals surface area contributed by atoms with Crippen molar-refractivity contribution in [1.82, 2.24) is 29.5 Å². The van der Waals surface area contributed by atoms with Crippen LogP contribution in [0.3, 0.4) is 0 Å². The monoisotopic (exact) mass is 398 g/mol. The van der Waals surface area contributed by atoms with Gasteiger partial charge >= 0.3 is 5.97 Å². The van der Waals surface area contributed by atoms with Crippen LogP contribution in [0.25, 0.3) is 5.82 Å². The van der Waals surface area contributed by atoms with E-state index in [2.05, 4.69) is 15.2 Å². The molecule has 2 saturated heterocycles. The minimum absolute atomic E-state index is 0.0295. The van der Waals surface area contributed by atoms with E-state index in [1.54, 1.807) is 27.7 Å². The number of hydrogen-bond donors (Lipinski definition) is 0. The van der Waals surface area contributed by atoms with E-state index >= 15 is 0 Å². The quantitative estimate of drug-likeness (QED) is 0.681. The minimum Gasteiger partial charge on any atom is -0.469 e. The molecule has 152 valence electrons. The summed E-state index contributed by atoms with van der Waals surface area (Å²) in [6.07, 6.45) is 4.15. The van der Waals surface area contributed by atoms with Crippen LogP contribution in [-0.4, -0.2) is 79.6 Å². The van der Waals surface area contributed by atoms with Crippen LogP contribution in [0.2, 0.25) is 0 Å². The van der Waals surface area contributed by atoms with Gasteiger partial charge in [-0.25, -0.2) is 4.98 Å². The third kappa shape index (κ3) is 3.34. The lowest BCUT2D eigenvalue weighted by Crippen LogP contribution is -2.57. The molecule has 10 nitrogen and oxygen atoms in total. The van der Waals surface area contributed by atoms with Crippen LogP contribution in [-0.2, 0) is 14.3 Å². The highest BCUT2D eigenvalue weighted by atomic mass is 16.5. The molecule has 0 bridgehead atoms. The number of esters is 1. The maximum atomic E-state index is 13.0. The SMILES string of the molecule is CC[C@H]1[C@@H](C(=O)OC)C[C@H]2CN(C(=O)c3cccc(-n4cnnc4)n3)CC(=O)N21. The van der Waals surface area contributed by atoms with Gasteiger partial charge in [0, 0.05) is 12.6 Å². The Kier molecular flexibility index (Phi) is 4.99. The fourth-order valence-corrected chi connectivity index (χ4v) is 4.35. The summed E-state index contributed by atoms with van der Waals surface area (Å²) in [7, 11) is 1.36. The topological polar surface area (TPSA) is 111 Å². The van der Waals surface area contributed by atoms with Crippen molar-refractivity contribution < 1.29 is 19.1 Å². The molecule has 0 aliphatic carbocycles. The summed E-state index contributed by atoms with van der Waals surface area (Å²) in [5, 5.41) is 7.48. The number of nitrogens with zero attached hydrogens (tertiary/aromatic N) is 6. The number of piperazine rings is 1. The molecule has 0 radical (unpaired) electrons. The fraction of sp³-hybridized carbons (Fsp3) is 0.474. The average molecular weight is 398 g/mol. The van der Waals surface area contributed by atoms with Gasteiger partial charge in [0.1, 0.15) is 30.7 Å². The van der Waals surface area contributed by atoms with Gasteiger partial charge in [-0.15, -0.1) is 10.2 Å². The minimum atomic E-state index is -0.357. The summed E-state index contributed by atoms with van der Waals surface area (Å²) in [6, 6.07) is 4.70. The standard InChI is InChI=1S/C19H22N6O4/c1-3-15-13(19(28)29-2)7-12-8-23(9-17(26)25(12)15)18(27)14-5-4-6-16(22-14)24-10-20-21-11-24/h4-6,10-13,15H,3,7-9H2,1-2H3/t12-,13-,15-/m0/s1. The van der Waals surface area contributed by atoms with Crippen molar-refractivity contribution in [1.29, 1.82) is 0 Å². The van der Waals surface area contributed by atoms with E-state index in [9.17, 15) is 14.4 Å². The van der Waals surface area contributed by atoms with Crippen molar-refractivity contribution in [3.05, 3.63) is 36.5 Å². The molecule has 2 aliphatic rings. The van der Waals surface area contributed by atoms with Crippen LogP contribution in [0.15, 0.2) is 30.9 Å². The molecule has 29 heavy (non-hydrogen) atoms. The number of methoxy groups -OCH3 is 1. The number of carbonyl (C=O) groups is 3. The Balaban J connectivity index is 1.54. The molecule has 2 aliphatic heterocycles. The van der Waals surface area contributed by atoms with Gasteiger partial charge in [0.2, 0.25) is 5.91 Å². The number of carbonyl (C=O) groups excluding carboxylic acids is 3. The Morgan fingerprint density at radius 1 is 1.24 bits per heavy atom. The Morgan fingerprint density at radius 2 is 2.00 bits per heavy atom. The Hall–Kier alpha value is -3.30. The predicted octanol–water partition coefficient (Wildman–Crippen LogP) is 0.287. The van der Waals surface area contributed by atoms with Gasteiger partial charge in [-0.2, -0.15) is 0 Å². The number of amides is 2. The first-order valence-electron chi connectivity index (χ1n) is 9.53. The van der Waals surface area contributed by atoms with Crippen LogP contribution in [0, 0.1) is 5.92 Å². The number of pyridine rings is 1. The maximum Gasteiger partial charge on any atom is 0.310 e. The molecule has 0 aromatic carbocycles. The zero-order valence-corrected chi connectivity index (χ0v) is 16.3. The summed E-state index contributed by atoms with van der Waals surface area (Å²) in [4.78, 5) is 45.7. The number of ether oxygens (including phenoxy) is 1. The largest absolute Gasteiger partial charge is 0.469 e. The molecule has 2 aromatic rings. The molecule has 0 N–H and O–H groups in total. The number of hydrogen-bond acceptors (Lipinski definition) is 7. The fourth-order valence-electron chi connectivity index (χ4n) is 4.35. The highest BCUT2D eigenvalue weighted by Gasteiger charge is 2.50. The zero-order valence-electron chi connectivity index (χ0n) is 16.3. The van der Waals surface area contributed by atoms with Gasteiger partial charge in [-0.1, -0.05) is 13.0 Å². The van der Waals surface area contributed by atoms with Gasteiger partial charge in [0.15, 0.2) is 0 Å². The van der Waals surface area contributed by atoms with Gasteiger partial charge in [0.05, 0.1) is 19.1 Å². The summed E-state index contributed by atoms with van der Waals surface area (Å²) in [5.74, 6) is -0.613. The first kappa shape index (κ1) is 19.0. The molecule has 2 amide bonds. The Labute approximate surface area is 167 Å². The van der Waals surface area contributed by atoms with E-state index in [4.69, 9.17) is 4.74 Å². The summed E-state index contributed by atoms with van der Waals surface area (Å²) >= 11 is 0. The van der Waals surface area contributed by atoms with Crippen LogP contribution in [0.4, 0.5) is 0 Å². The van der Waals surface area contributed by atoms with Crippen molar-refractivity contribution in [3.8, 4) is 5.82 Å². The summed E-state index contributed by atoms with van der Waals surface area (Å²) in [6.45, 7) is 2.29. The predicted molar refractivity (Wildman–Crippen MR) is 99.9 cm³/mol. The maximum absolute atomic E-state index is 13.0. The van der Waals surface area contributed by atoms with Crippen LogP contribution < -0.4 is 0 Å². The van der Waals surface area contributed by atoms with E-state index < -0.39 is 0 Å². The second-order valence-corrected chi connectivity index (χ2v) is 7.23. The Morgan fingerprint density at radius 3 is 2.69 bits per heavy atom. The van der Waals surface area contributed by atoms with Crippen LogP contribution >= 0.6 is 0 Å². The number of aromatic nitrogens is 4. The lowest BCUT2D eigenvalue weighted by Gasteiger charge is -2.39. The third-order valence-electron chi connectivity index (χ3n) is 5.63. The van der Waals surface area contributed by atoms with Crippen molar-refractivity contribution in [3.63, 3.8) is 0 Å². The summed E-state index contributed by atoms with van der Waals surface area (Å²) in [5.41, 5.74) is 0.243. The highest BCUT2D eigenvalue weighted by molar-refractivity contribution is 5.96. The lowest BCUT2D eigenvalue weighted by atomic mass is 9.97. The third-order valence-corrected chi connectivity index (χ3v) is 5.63. The van der Waals surface area contributed by atoms with E-state index in [0.717, 1.165) is 0 Å². The summed E-state index contributed by atoms with van der Waals surface area (Å²) < 4.78 is 6.52. The highest BCUT2D eigenvalue weighted by Crippen LogP contribution is 2.35. The van der Waals surface area contributed by atoms with E-state index in [1.807, 2.05) is 6.92 Å². The number of fused-ring (bicyclic) bond motifs is 1. The molecular formula is C19H22N6O4. The molecule has 2 aromatic heterocycles. The van der Waals surface area contributed by atoms with Crippen LogP contribution in [0.1, 0.15) is 30.3 Å². The molecule has 4 heterocycles. The van der Waals surface area contributed by atoms with E-state index in [-0.39, 0.29) is 48.0 Å². The molecule has 4 rings (SSSR count). The van der Waals surface area contributed by atoms with Crippen molar-refractivity contribution in [2.45, 2.75) is 31.8 Å². The smallest absolute Gasteiger partial charge is 0.310 e. The van der Waals surface area contributed by atoms with E-state index in [1.165, 1.54) is 24.7 Å². The zero-order chi connectivity index (χ0) is 20.5. The first-order chi connectivity index (χ1) is 14.0. The lowest BCUT2D eigenvalue weighted by molar-refractivity contribution is -0.147. The van der Waals surface area contributed by atoms with Gasteiger partial charge < -0.3 is 14.5 Å². The van der Waals surface area contributed by atoms with Crippen molar-refractivity contribution >= 4 is 17.8 Å². The van der Waals surface area contributed by atoms with Gasteiger partial charge in [-0.05, 0) is 25.0 Å². The molecular weight excluding hydrogens is 376 g/mol. The molecule has 3 atom stereocenters. The molecule has 0 saturated carbocycles. The van der Waals surface area contributed by atoms with Crippen LogP contribution in [0.5, 0.6) is 0 Å². The molecule has 10 heteroatoms. The second kappa shape index (κ2) is 7.61. The van der Waals surface area contributed by atoms with Gasteiger partial charge in [0.25, 0.3) is 5.91 Å². The van der Waals surface area contributed by atoms with Crippen molar-refractivity contribution in [2.75, 3.05) is 20.2 Å². The second-order valence-electron chi connectivity index (χ2n) is 7.23. The Bertz CT molecular complexity index is 931. The molecule has 0 spiro atoms. The first-order valence-corrected chi connectivity index (χ1v) is 9.53. The van der Waals surface area contributed by atoms with Gasteiger partial charge in [-0.3, -0.25) is 19.0 Å². The molecule has 0 unspecified atom stereocenters.